The summed E-state index contributed by atoms with van der Waals surface area (Å²) in [4.78, 5) is 0. The van der Waals surface area contributed by atoms with E-state index in [0.29, 0.717) is 0 Å². The number of nitrogens with zero attached hydrogens (tertiary/aromatic N) is 2. The molecule has 0 aliphatic carbocycles. The number of benzene rings is 3. The summed E-state index contributed by atoms with van der Waals surface area (Å²) in [5.41, 5.74) is 4.74. The zero-order chi connectivity index (χ0) is 16.8. The van der Waals surface area contributed by atoms with Gasteiger partial charge in [0, 0.05) is 38.8 Å². The summed E-state index contributed by atoms with van der Waals surface area (Å²) < 4.78 is 4.45. The van der Waals surface area contributed by atoms with Gasteiger partial charge in [0.1, 0.15) is 11.4 Å². The zero-order valence-electron chi connectivity index (χ0n) is 14.0. The average Bonchev–Trinajstić information content (AvgIpc) is 3.04. The van der Waals surface area contributed by atoms with Crippen molar-refractivity contribution in [3.63, 3.8) is 0 Å². The van der Waals surface area contributed by atoms with Crippen LogP contribution < -0.4 is 0 Å². The van der Waals surface area contributed by atoms with E-state index in [4.69, 9.17) is 5.11 Å². The first kappa shape index (κ1) is 19.1. The minimum absolute atomic E-state index is 0. The third-order valence-electron chi connectivity index (χ3n) is 3.70. The molecule has 0 spiro atoms. The molecule has 4 aromatic rings. The van der Waals surface area contributed by atoms with E-state index in [1.807, 2.05) is 12.1 Å². The van der Waals surface area contributed by atoms with E-state index >= 15 is 0 Å². The number of hydrogen-bond donors (Lipinski definition) is 1. The predicted octanol–water partition coefficient (Wildman–Crippen LogP) is 4.70. The van der Waals surface area contributed by atoms with Crippen molar-refractivity contribution in [3.8, 4) is 11.4 Å². The van der Waals surface area contributed by atoms with Crippen LogP contribution in [0.3, 0.4) is 0 Å². The molecule has 3 aromatic carbocycles. The molecule has 4 heteroatoms. The SMILES string of the molecule is CCO.[Ir].c1ccc(-n2[cH+]n(-c3ccccc3)c3ccccc32)cc1. The topological polar surface area (TPSA) is 30.1 Å². The Balaban J connectivity index is 0.000000528. The number of hydrogen-bond acceptors (Lipinski definition) is 1. The second kappa shape index (κ2) is 9.28. The van der Waals surface area contributed by atoms with Crippen LogP contribution in [0.25, 0.3) is 22.4 Å². The Bertz CT molecular complexity index is 832. The summed E-state index contributed by atoms with van der Waals surface area (Å²) in [6.07, 6.45) is 2.15. The molecule has 0 saturated heterocycles. The van der Waals surface area contributed by atoms with Gasteiger partial charge in [0.2, 0.25) is 0 Å². The van der Waals surface area contributed by atoms with Crippen molar-refractivity contribution >= 4 is 11.0 Å². The molecule has 1 heterocycles. The van der Waals surface area contributed by atoms with E-state index < -0.39 is 0 Å². The Morgan fingerprint density at radius 1 is 0.680 bits per heavy atom. The number of fused-ring (bicyclic) bond motifs is 1. The molecule has 0 atom stereocenters. The van der Waals surface area contributed by atoms with Crippen LogP contribution in [-0.4, -0.2) is 20.8 Å². The summed E-state index contributed by atoms with van der Waals surface area (Å²) >= 11 is 0. The van der Waals surface area contributed by atoms with Gasteiger partial charge in [-0.2, -0.15) is 9.13 Å². The Labute approximate surface area is 161 Å². The second-order valence-corrected chi connectivity index (χ2v) is 5.33. The number of aromatic nitrogens is 2. The molecule has 1 aromatic heterocycles. The zero-order valence-corrected chi connectivity index (χ0v) is 16.4. The molecule has 0 unspecified atom stereocenters. The summed E-state index contributed by atoms with van der Waals surface area (Å²) in [6, 6.07) is 29.3. The Morgan fingerprint density at radius 2 is 1.00 bits per heavy atom. The first-order valence-electron chi connectivity index (χ1n) is 8.08. The van der Waals surface area contributed by atoms with Crippen molar-refractivity contribution in [2.24, 2.45) is 0 Å². The fraction of sp³-hybridized carbons (Fsp3) is 0.0952. The van der Waals surface area contributed by atoms with E-state index in [-0.39, 0.29) is 26.7 Å². The van der Waals surface area contributed by atoms with Crippen LogP contribution >= 0.6 is 0 Å². The van der Waals surface area contributed by atoms with Gasteiger partial charge in [-0.1, -0.05) is 48.5 Å². The molecule has 0 aliphatic heterocycles. The maximum absolute atomic E-state index is 7.57. The maximum Gasteiger partial charge on any atom is 0.168 e. The quantitative estimate of drug-likeness (QED) is 0.390. The van der Waals surface area contributed by atoms with Gasteiger partial charge < -0.3 is 5.11 Å². The molecular weight excluding hydrogens is 488 g/mol. The molecule has 1 radical (unpaired) electrons. The fourth-order valence-electron chi connectivity index (χ4n) is 2.70. The van der Waals surface area contributed by atoms with E-state index in [2.05, 4.69) is 88.3 Å². The fourth-order valence-corrected chi connectivity index (χ4v) is 2.70. The first-order valence-corrected chi connectivity index (χ1v) is 8.08. The van der Waals surface area contributed by atoms with Crippen molar-refractivity contribution in [1.82, 2.24) is 9.13 Å². The molecule has 0 aliphatic rings. The normalized spacial score (nSPS) is 9.84. The van der Waals surface area contributed by atoms with Crippen LogP contribution in [0.4, 0.5) is 0 Å². The van der Waals surface area contributed by atoms with E-state index in [0.717, 1.165) is 0 Å². The number of aliphatic hydroxyl groups is 1. The van der Waals surface area contributed by atoms with Gasteiger partial charge in [-0.3, -0.25) is 0 Å². The van der Waals surface area contributed by atoms with Crippen molar-refractivity contribution < 1.29 is 25.2 Å². The predicted molar refractivity (Wildman–Crippen MR) is 99.8 cm³/mol. The van der Waals surface area contributed by atoms with Gasteiger partial charge in [0.25, 0.3) is 0 Å². The molecule has 0 bridgehead atoms. The largest absolute Gasteiger partial charge is 0.397 e. The van der Waals surface area contributed by atoms with E-state index in [1.165, 1.54) is 22.4 Å². The molecule has 3 nitrogen and oxygen atoms in total. The molecule has 0 amide bonds. The minimum atomic E-state index is 0. The average molecular weight is 510 g/mol. The van der Waals surface area contributed by atoms with Crippen LogP contribution in [0.2, 0.25) is 0 Å². The van der Waals surface area contributed by atoms with Crippen molar-refractivity contribution in [2.75, 3.05) is 6.61 Å². The van der Waals surface area contributed by atoms with Gasteiger partial charge in [-0.05, 0) is 31.2 Å². The minimum Gasteiger partial charge on any atom is -0.397 e. The van der Waals surface area contributed by atoms with E-state index in [9.17, 15) is 0 Å². The maximum atomic E-state index is 7.57. The Hall–Kier alpha value is -2.26. The Morgan fingerprint density at radius 3 is 1.36 bits per heavy atom. The third kappa shape index (κ3) is 4.23. The van der Waals surface area contributed by atoms with Crippen LogP contribution in [0.15, 0.2) is 91.3 Å². The van der Waals surface area contributed by atoms with Gasteiger partial charge in [0.05, 0.1) is 0 Å². The van der Waals surface area contributed by atoms with Crippen LogP contribution in [0.1, 0.15) is 6.92 Å². The monoisotopic (exact) mass is 510 g/mol. The number of para-hydroxylation sites is 4. The van der Waals surface area contributed by atoms with Gasteiger partial charge >= 0.3 is 0 Å². The second-order valence-electron chi connectivity index (χ2n) is 5.33. The van der Waals surface area contributed by atoms with Gasteiger partial charge in [-0.15, -0.1) is 0 Å². The summed E-state index contributed by atoms with van der Waals surface area (Å²) in [6.45, 7) is 1.93. The van der Waals surface area contributed by atoms with Crippen LogP contribution in [0, 0.1) is 0 Å². The molecular formula is C21H21IrN2O+. The molecule has 129 valence electrons. The molecule has 1 N–H and O–H groups in total. The smallest absolute Gasteiger partial charge is 0.168 e. The number of aliphatic hydroxyl groups excluding tert-OH is 1. The Kier molecular flexibility index (Phi) is 7.08. The molecule has 0 fully saturated rings. The first-order chi connectivity index (χ1) is 11.8. The molecule has 0 saturated carbocycles. The molecule has 25 heavy (non-hydrogen) atoms. The standard InChI is InChI=1S/C19H15N2.C2H6O.Ir/c1-3-9-16(10-4-1)20-15-21(17-11-5-2-6-12-17)19-14-8-7-13-18(19)20;1-2-3;/h1-15H;3H,2H2,1H3;/q+1;;. The summed E-state index contributed by atoms with van der Waals surface area (Å²) in [7, 11) is 0. The third-order valence-corrected chi connectivity index (χ3v) is 3.70. The van der Waals surface area contributed by atoms with Crippen molar-refractivity contribution in [2.45, 2.75) is 6.92 Å². The summed E-state index contributed by atoms with van der Waals surface area (Å²) in [5, 5.41) is 7.57. The number of rotatable bonds is 2. The van der Waals surface area contributed by atoms with Crippen LogP contribution in [0.5, 0.6) is 0 Å². The van der Waals surface area contributed by atoms with Gasteiger partial charge in [-0.25, -0.2) is 0 Å². The van der Waals surface area contributed by atoms with Gasteiger partial charge in [0.15, 0.2) is 17.4 Å². The van der Waals surface area contributed by atoms with Crippen LogP contribution in [-0.2, 0) is 20.1 Å². The molecule has 4 rings (SSSR count). The van der Waals surface area contributed by atoms with E-state index in [1.54, 1.807) is 6.92 Å². The summed E-state index contributed by atoms with van der Waals surface area (Å²) in [5.74, 6) is 0. The number of imidazole rings is 1. The van der Waals surface area contributed by atoms with Crippen molar-refractivity contribution in [1.29, 1.82) is 0 Å². The van der Waals surface area contributed by atoms with Crippen molar-refractivity contribution in [3.05, 3.63) is 91.3 Å².